The Kier molecular flexibility index (Phi) is 1.41. The van der Waals surface area contributed by atoms with E-state index < -0.39 is 0 Å². The van der Waals surface area contributed by atoms with Crippen molar-refractivity contribution in [1.29, 1.82) is 0 Å². The van der Waals surface area contributed by atoms with E-state index in [1.54, 1.807) is 0 Å². The van der Waals surface area contributed by atoms with Gasteiger partial charge >= 0.3 is 0 Å². The lowest BCUT2D eigenvalue weighted by Gasteiger charge is -2.23. The highest BCUT2D eigenvalue weighted by atomic mass is 16.8. The molecule has 0 saturated carbocycles. The van der Waals surface area contributed by atoms with Crippen molar-refractivity contribution < 1.29 is 9.47 Å². The van der Waals surface area contributed by atoms with Crippen LogP contribution < -0.4 is 0 Å². The van der Waals surface area contributed by atoms with E-state index in [2.05, 4.69) is 11.1 Å². The molecule has 13 heavy (non-hydrogen) atoms. The SMILES string of the molecule is c1ccc2[nH]c([C]3OCO3)cc2c1. The summed E-state index contributed by atoms with van der Waals surface area (Å²) < 4.78 is 10.2. The Hall–Kier alpha value is -1.32. The van der Waals surface area contributed by atoms with E-state index in [1.807, 2.05) is 24.3 Å². The third-order valence-electron chi connectivity index (χ3n) is 2.13. The van der Waals surface area contributed by atoms with Crippen LogP contribution in [-0.2, 0) is 9.47 Å². The van der Waals surface area contributed by atoms with Crippen molar-refractivity contribution in [1.82, 2.24) is 4.98 Å². The Morgan fingerprint density at radius 3 is 2.69 bits per heavy atom. The fraction of sp³-hybridized carbons (Fsp3) is 0.100. The van der Waals surface area contributed by atoms with Crippen LogP contribution in [0.1, 0.15) is 5.69 Å². The predicted molar refractivity (Wildman–Crippen MR) is 47.7 cm³/mol. The maximum atomic E-state index is 5.11. The first-order chi connectivity index (χ1) is 6.43. The Morgan fingerprint density at radius 1 is 1.15 bits per heavy atom. The van der Waals surface area contributed by atoms with Gasteiger partial charge in [0.05, 0.1) is 5.69 Å². The molecule has 2 aromatic rings. The molecule has 0 spiro atoms. The Morgan fingerprint density at radius 2 is 2.00 bits per heavy atom. The van der Waals surface area contributed by atoms with Gasteiger partial charge in [0.1, 0.15) is 0 Å². The van der Waals surface area contributed by atoms with Gasteiger partial charge in [0, 0.05) is 5.52 Å². The van der Waals surface area contributed by atoms with Gasteiger partial charge in [-0.15, -0.1) is 0 Å². The molecule has 0 aliphatic carbocycles. The lowest BCUT2D eigenvalue weighted by Crippen LogP contribution is -2.23. The van der Waals surface area contributed by atoms with Gasteiger partial charge in [-0.05, 0) is 17.5 Å². The van der Waals surface area contributed by atoms with Crippen LogP contribution in [0.2, 0.25) is 0 Å². The van der Waals surface area contributed by atoms with E-state index in [4.69, 9.17) is 9.47 Å². The third kappa shape index (κ3) is 1.05. The summed E-state index contributed by atoms with van der Waals surface area (Å²) in [4.78, 5) is 3.21. The number of hydrogen-bond acceptors (Lipinski definition) is 2. The monoisotopic (exact) mass is 174 g/mol. The normalized spacial score (nSPS) is 17.5. The van der Waals surface area contributed by atoms with Gasteiger partial charge in [-0.25, -0.2) is 0 Å². The van der Waals surface area contributed by atoms with Crippen LogP contribution in [0.4, 0.5) is 0 Å². The topological polar surface area (TPSA) is 34.2 Å². The molecule has 1 fully saturated rings. The number of fused-ring (bicyclic) bond motifs is 1. The van der Waals surface area contributed by atoms with Crippen LogP contribution in [0.3, 0.4) is 0 Å². The summed E-state index contributed by atoms with van der Waals surface area (Å²) in [5, 5.41) is 1.17. The summed E-state index contributed by atoms with van der Waals surface area (Å²) in [6.07, 6.45) is 0.594. The van der Waals surface area contributed by atoms with Gasteiger partial charge in [0.2, 0.25) is 0 Å². The summed E-state index contributed by atoms with van der Waals surface area (Å²) in [5.41, 5.74) is 2.01. The first kappa shape index (κ1) is 7.12. The molecule has 1 N–H and O–H groups in total. The van der Waals surface area contributed by atoms with Crippen LogP contribution in [-0.4, -0.2) is 11.8 Å². The molecule has 0 unspecified atom stereocenters. The van der Waals surface area contributed by atoms with Crippen molar-refractivity contribution in [3.05, 3.63) is 42.3 Å². The molecular formula is C10H8NO2. The van der Waals surface area contributed by atoms with E-state index in [0.717, 1.165) is 11.2 Å². The third-order valence-corrected chi connectivity index (χ3v) is 2.13. The average molecular weight is 174 g/mol. The molecule has 3 rings (SSSR count). The van der Waals surface area contributed by atoms with E-state index >= 15 is 0 Å². The molecule has 3 heteroatoms. The molecule has 1 radical (unpaired) electrons. The second-order valence-corrected chi connectivity index (χ2v) is 2.96. The summed E-state index contributed by atoms with van der Waals surface area (Å²) >= 11 is 0. The van der Waals surface area contributed by atoms with Crippen molar-refractivity contribution in [2.45, 2.75) is 0 Å². The average Bonchev–Trinajstić information content (AvgIpc) is 2.43. The smallest absolute Gasteiger partial charge is 0.277 e. The van der Waals surface area contributed by atoms with Gasteiger partial charge in [0.15, 0.2) is 6.79 Å². The van der Waals surface area contributed by atoms with Crippen LogP contribution in [0.15, 0.2) is 30.3 Å². The molecule has 1 aromatic carbocycles. The number of benzene rings is 1. The lowest BCUT2D eigenvalue weighted by atomic mass is 10.2. The maximum Gasteiger partial charge on any atom is 0.277 e. The zero-order chi connectivity index (χ0) is 8.67. The fourth-order valence-corrected chi connectivity index (χ4v) is 1.46. The predicted octanol–water partition coefficient (Wildman–Crippen LogP) is 2.01. The molecule has 1 aliphatic rings. The summed E-state index contributed by atoms with van der Waals surface area (Å²) in [6.45, 7) is 0.366. The number of ether oxygens (including phenoxy) is 2. The molecule has 1 aliphatic heterocycles. The van der Waals surface area contributed by atoms with Crippen LogP contribution in [0, 0.1) is 6.29 Å². The highest BCUT2D eigenvalue weighted by Gasteiger charge is 2.25. The number of para-hydroxylation sites is 1. The molecule has 3 nitrogen and oxygen atoms in total. The molecule has 0 atom stereocenters. The largest absolute Gasteiger partial charge is 0.354 e. The van der Waals surface area contributed by atoms with Crippen molar-refractivity contribution >= 4 is 10.9 Å². The number of nitrogens with one attached hydrogen (secondary N) is 1. The second kappa shape index (κ2) is 2.58. The summed E-state index contributed by atoms with van der Waals surface area (Å²) in [5.74, 6) is 0. The molecular weight excluding hydrogens is 166 g/mol. The minimum atomic E-state index is 0.366. The van der Waals surface area contributed by atoms with Crippen molar-refractivity contribution in [3.8, 4) is 0 Å². The minimum absolute atomic E-state index is 0.366. The van der Waals surface area contributed by atoms with E-state index in [0.29, 0.717) is 13.1 Å². The zero-order valence-electron chi connectivity index (χ0n) is 6.91. The quantitative estimate of drug-likeness (QED) is 0.717. The zero-order valence-corrected chi connectivity index (χ0v) is 6.91. The second-order valence-electron chi connectivity index (χ2n) is 2.96. The summed E-state index contributed by atoms with van der Waals surface area (Å²) in [6, 6.07) is 10.1. The Balaban J connectivity index is 2.10. The lowest BCUT2D eigenvalue weighted by molar-refractivity contribution is -0.220. The van der Waals surface area contributed by atoms with Gasteiger partial charge in [-0.2, -0.15) is 0 Å². The minimum Gasteiger partial charge on any atom is -0.354 e. The molecule has 1 aromatic heterocycles. The summed E-state index contributed by atoms with van der Waals surface area (Å²) in [7, 11) is 0. The van der Waals surface area contributed by atoms with Crippen molar-refractivity contribution in [2.24, 2.45) is 0 Å². The number of rotatable bonds is 1. The van der Waals surface area contributed by atoms with Crippen LogP contribution in [0.5, 0.6) is 0 Å². The molecule has 65 valence electrons. The number of aromatic nitrogens is 1. The van der Waals surface area contributed by atoms with E-state index in [1.165, 1.54) is 5.39 Å². The highest BCUT2D eigenvalue weighted by molar-refractivity contribution is 5.80. The van der Waals surface area contributed by atoms with Crippen molar-refractivity contribution in [3.63, 3.8) is 0 Å². The maximum absolute atomic E-state index is 5.11. The number of H-pyrrole nitrogens is 1. The van der Waals surface area contributed by atoms with Crippen molar-refractivity contribution in [2.75, 3.05) is 6.79 Å². The van der Waals surface area contributed by atoms with Gasteiger partial charge in [-0.3, -0.25) is 0 Å². The molecule has 0 bridgehead atoms. The Labute approximate surface area is 75.3 Å². The fourth-order valence-electron chi connectivity index (χ4n) is 1.46. The van der Waals surface area contributed by atoms with Crippen LogP contribution >= 0.6 is 0 Å². The molecule has 2 heterocycles. The first-order valence-corrected chi connectivity index (χ1v) is 4.14. The van der Waals surface area contributed by atoms with Crippen LogP contribution in [0.25, 0.3) is 10.9 Å². The standard InChI is InChI=1S/C10H8NO2/c1-2-4-8-7(3-1)5-9(11-8)10-12-6-13-10/h1-5,11H,6H2. The Bertz CT molecular complexity index is 398. The number of aromatic amines is 1. The number of hydrogen-bond donors (Lipinski definition) is 1. The molecule has 1 saturated heterocycles. The van der Waals surface area contributed by atoms with Gasteiger partial charge in [-0.1, -0.05) is 18.2 Å². The van der Waals surface area contributed by atoms with E-state index in [-0.39, 0.29) is 0 Å². The highest BCUT2D eigenvalue weighted by Crippen LogP contribution is 2.27. The van der Waals surface area contributed by atoms with Gasteiger partial charge in [0.25, 0.3) is 6.29 Å². The molecule has 0 amide bonds. The first-order valence-electron chi connectivity index (χ1n) is 4.14. The van der Waals surface area contributed by atoms with Gasteiger partial charge < -0.3 is 14.5 Å². The van der Waals surface area contributed by atoms with E-state index in [9.17, 15) is 0 Å².